The number of amides is 5. The molecule has 3 aromatic carbocycles. The number of nitriles is 1. The molecule has 6 heterocycles. The maximum Gasteiger partial charge on any atom is 0.262 e. The molecular weight excluding hydrogens is 720 g/mol. The fourth-order valence-corrected chi connectivity index (χ4v) is 9.52. The van der Waals surface area contributed by atoms with E-state index in [0.717, 1.165) is 106 Å². The van der Waals surface area contributed by atoms with Crippen molar-refractivity contribution < 1.29 is 24.0 Å². The second-order valence-electron chi connectivity index (χ2n) is 15.7. The highest BCUT2D eigenvalue weighted by Crippen LogP contribution is 2.42. The van der Waals surface area contributed by atoms with Gasteiger partial charge in [0.1, 0.15) is 12.1 Å². The lowest BCUT2D eigenvalue weighted by atomic mass is 9.86. The molecule has 14 heteroatoms. The number of piperazine rings is 1. The Morgan fingerprint density at radius 3 is 2.27 bits per heavy atom. The molecule has 282 valence electrons. The van der Waals surface area contributed by atoms with Gasteiger partial charge in [0.25, 0.3) is 17.7 Å². The van der Waals surface area contributed by atoms with E-state index in [2.05, 4.69) is 37.1 Å². The van der Waals surface area contributed by atoms with E-state index >= 15 is 0 Å². The number of carbonyl (C=O) groups excluding carboxylic acids is 5. The standard InChI is InChI=1S/C41H41ClN8O5/c42-34-20-30(5-4-27(34)21-43)47-12-10-41(24-47)11-13-48(25-41)38(53)26-2-1-3-28(18-26)45-14-16-46(17-15-45)31-22-49(23-31)29-6-7-32-33(19-29)40(55)50(39(32)54)35-8-9-36(51)44-37(35)52/h1-7,18-20,31,35H,8-17,22-25H2,(H,44,51,52). The van der Waals surface area contributed by atoms with E-state index in [-0.39, 0.29) is 29.7 Å². The Kier molecular flexibility index (Phi) is 8.78. The zero-order chi connectivity index (χ0) is 38.0. The number of hydrogen-bond donors (Lipinski definition) is 1. The summed E-state index contributed by atoms with van der Waals surface area (Å²) in [5.41, 5.74) is 4.77. The maximum atomic E-state index is 13.8. The minimum atomic E-state index is -0.978. The molecular formula is C41H41ClN8O5. The number of nitrogens with zero attached hydrogens (tertiary/aromatic N) is 7. The summed E-state index contributed by atoms with van der Waals surface area (Å²) in [4.78, 5) is 76.6. The Morgan fingerprint density at radius 1 is 0.782 bits per heavy atom. The molecule has 0 aliphatic carbocycles. The highest BCUT2D eigenvalue weighted by atomic mass is 35.5. The molecule has 5 fully saturated rings. The van der Waals surface area contributed by atoms with Crippen molar-refractivity contribution in [2.75, 3.05) is 80.1 Å². The van der Waals surface area contributed by atoms with Crippen LogP contribution < -0.4 is 20.0 Å². The first-order valence-electron chi connectivity index (χ1n) is 19.0. The minimum absolute atomic E-state index is 0.0526. The predicted molar refractivity (Wildman–Crippen MR) is 205 cm³/mol. The summed E-state index contributed by atoms with van der Waals surface area (Å²) in [6.45, 7) is 8.32. The van der Waals surface area contributed by atoms with Crippen molar-refractivity contribution >= 4 is 58.2 Å². The van der Waals surface area contributed by atoms with Gasteiger partial charge in [0.2, 0.25) is 11.8 Å². The van der Waals surface area contributed by atoms with E-state index in [1.807, 2.05) is 41.3 Å². The number of likely N-dealkylation sites (tertiary alicyclic amines) is 1. The molecule has 2 atom stereocenters. The molecule has 0 radical (unpaired) electrons. The van der Waals surface area contributed by atoms with Crippen LogP contribution in [-0.4, -0.2) is 122 Å². The smallest absolute Gasteiger partial charge is 0.262 e. The molecule has 0 aromatic heterocycles. The topological polar surface area (TPSA) is 141 Å². The van der Waals surface area contributed by atoms with Crippen LogP contribution in [0.2, 0.25) is 5.02 Å². The minimum Gasteiger partial charge on any atom is -0.371 e. The van der Waals surface area contributed by atoms with Gasteiger partial charge in [-0.3, -0.25) is 39.1 Å². The van der Waals surface area contributed by atoms with Crippen LogP contribution in [-0.2, 0) is 9.59 Å². The van der Waals surface area contributed by atoms with Gasteiger partial charge in [-0.15, -0.1) is 0 Å². The third kappa shape index (κ3) is 6.27. The van der Waals surface area contributed by atoms with Gasteiger partial charge in [-0.2, -0.15) is 5.26 Å². The third-order valence-electron chi connectivity index (χ3n) is 12.5. The Labute approximate surface area is 324 Å². The van der Waals surface area contributed by atoms with Crippen molar-refractivity contribution in [2.24, 2.45) is 5.41 Å². The molecule has 6 aliphatic rings. The molecule has 5 saturated heterocycles. The number of carbonyl (C=O) groups is 5. The summed E-state index contributed by atoms with van der Waals surface area (Å²) in [7, 11) is 0. The van der Waals surface area contributed by atoms with Crippen LogP contribution in [0.15, 0.2) is 60.7 Å². The Balaban J connectivity index is 0.770. The highest BCUT2D eigenvalue weighted by molar-refractivity contribution is 6.32. The normalized spacial score (nSPS) is 24.4. The quantitative estimate of drug-likeness (QED) is 0.372. The summed E-state index contributed by atoms with van der Waals surface area (Å²) in [5, 5.41) is 12.0. The van der Waals surface area contributed by atoms with Gasteiger partial charge in [0, 0.05) is 106 Å². The third-order valence-corrected chi connectivity index (χ3v) is 12.9. The number of fused-ring (bicyclic) bond motifs is 1. The lowest BCUT2D eigenvalue weighted by Gasteiger charge is -2.49. The van der Waals surface area contributed by atoms with E-state index in [4.69, 9.17) is 11.6 Å². The first-order chi connectivity index (χ1) is 26.6. The van der Waals surface area contributed by atoms with E-state index in [1.54, 1.807) is 18.2 Å². The molecule has 6 aliphatic heterocycles. The van der Waals surface area contributed by atoms with Crippen molar-refractivity contribution in [1.82, 2.24) is 20.0 Å². The fraction of sp³-hybridized carbons (Fsp3) is 0.415. The molecule has 0 bridgehead atoms. The number of anilines is 3. The second kappa shape index (κ2) is 13.7. The molecule has 55 heavy (non-hydrogen) atoms. The second-order valence-corrected chi connectivity index (χ2v) is 16.1. The molecule has 0 saturated carbocycles. The van der Waals surface area contributed by atoms with Gasteiger partial charge in [0.15, 0.2) is 0 Å². The van der Waals surface area contributed by atoms with Crippen molar-refractivity contribution in [2.45, 2.75) is 37.8 Å². The van der Waals surface area contributed by atoms with Crippen LogP contribution in [0.25, 0.3) is 0 Å². The van der Waals surface area contributed by atoms with Gasteiger partial charge < -0.3 is 19.6 Å². The van der Waals surface area contributed by atoms with Crippen molar-refractivity contribution in [3.8, 4) is 6.07 Å². The first kappa shape index (κ1) is 35.3. The van der Waals surface area contributed by atoms with Crippen LogP contribution in [0.1, 0.15) is 62.3 Å². The summed E-state index contributed by atoms with van der Waals surface area (Å²) in [6, 6.07) is 20.4. The Morgan fingerprint density at radius 2 is 1.51 bits per heavy atom. The van der Waals surface area contributed by atoms with Crippen molar-refractivity contribution in [3.63, 3.8) is 0 Å². The largest absolute Gasteiger partial charge is 0.371 e. The van der Waals surface area contributed by atoms with Crippen molar-refractivity contribution in [3.05, 3.63) is 87.9 Å². The molecule has 1 spiro atoms. The number of hydrogen-bond acceptors (Lipinski definition) is 10. The highest BCUT2D eigenvalue weighted by Gasteiger charge is 2.46. The van der Waals surface area contributed by atoms with Crippen LogP contribution in [0.5, 0.6) is 0 Å². The average molecular weight is 761 g/mol. The van der Waals surface area contributed by atoms with Crippen LogP contribution in [0.3, 0.4) is 0 Å². The van der Waals surface area contributed by atoms with E-state index in [0.29, 0.717) is 22.2 Å². The average Bonchev–Trinajstić information content (AvgIpc) is 3.87. The lowest BCUT2D eigenvalue weighted by molar-refractivity contribution is -0.136. The summed E-state index contributed by atoms with van der Waals surface area (Å²) in [5.74, 6) is -1.92. The van der Waals surface area contributed by atoms with Crippen molar-refractivity contribution in [1.29, 1.82) is 5.26 Å². The fourth-order valence-electron chi connectivity index (χ4n) is 9.30. The molecule has 1 N–H and O–H groups in total. The number of benzene rings is 3. The van der Waals surface area contributed by atoms with Gasteiger partial charge >= 0.3 is 0 Å². The van der Waals surface area contributed by atoms with Gasteiger partial charge in [-0.05, 0) is 73.9 Å². The predicted octanol–water partition coefficient (Wildman–Crippen LogP) is 3.37. The molecule has 3 aromatic rings. The number of rotatable bonds is 6. The summed E-state index contributed by atoms with van der Waals surface area (Å²) < 4.78 is 0. The van der Waals surface area contributed by atoms with Gasteiger partial charge in [0.05, 0.1) is 21.7 Å². The molecule has 5 amide bonds. The zero-order valence-electron chi connectivity index (χ0n) is 30.4. The van der Waals surface area contributed by atoms with E-state index in [9.17, 15) is 29.2 Å². The number of nitrogens with one attached hydrogen (secondary N) is 1. The zero-order valence-corrected chi connectivity index (χ0v) is 31.1. The van der Waals surface area contributed by atoms with Gasteiger partial charge in [-0.1, -0.05) is 17.7 Å². The lowest BCUT2D eigenvalue weighted by Crippen LogP contribution is -2.63. The number of halogens is 1. The van der Waals surface area contributed by atoms with Crippen LogP contribution in [0, 0.1) is 16.7 Å². The Bertz CT molecular complexity index is 2180. The molecule has 2 unspecified atom stereocenters. The maximum absolute atomic E-state index is 13.8. The Hall–Kier alpha value is -5.45. The number of imide groups is 2. The van der Waals surface area contributed by atoms with E-state index in [1.165, 1.54) is 0 Å². The number of piperidine rings is 1. The SMILES string of the molecule is N#Cc1ccc(N2CCC3(CCN(C(=O)c4cccc(N5CCN(C6CN(c7ccc8c(c7)C(=O)N(C7CCC(=O)NC7=O)C8=O)C6)CC5)c4)C3)C2)cc1Cl. The monoisotopic (exact) mass is 760 g/mol. The van der Waals surface area contributed by atoms with Crippen LogP contribution >= 0.6 is 11.6 Å². The van der Waals surface area contributed by atoms with Crippen LogP contribution in [0.4, 0.5) is 17.1 Å². The molecule has 13 nitrogen and oxygen atoms in total. The van der Waals surface area contributed by atoms with Gasteiger partial charge in [-0.25, -0.2) is 0 Å². The summed E-state index contributed by atoms with van der Waals surface area (Å²) >= 11 is 6.32. The molecule has 9 rings (SSSR count). The summed E-state index contributed by atoms with van der Waals surface area (Å²) in [6.07, 6.45) is 2.19. The van der Waals surface area contributed by atoms with E-state index < -0.39 is 29.7 Å². The first-order valence-corrected chi connectivity index (χ1v) is 19.4.